The fraction of sp³-hybridized carbons (Fsp3) is 0.333. The minimum Gasteiger partial charge on any atom is -0.277 e. The second kappa shape index (κ2) is 5.98. The molecule has 0 aliphatic carbocycles. The molecule has 5 nitrogen and oxygen atoms in total. The van der Waals surface area contributed by atoms with Crippen molar-refractivity contribution in [1.29, 1.82) is 0 Å². The molecule has 1 heterocycles. The van der Waals surface area contributed by atoms with Crippen LogP contribution in [0.2, 0.25) is 0 Å². The summed E-state index contributed by atoms with van der Waals surface area (Å²) < 4.78 is 0. The molecule has 0 atom stereocenters. The van der Waals surface area contributed by atoms with Gasteiger partial charge in [-0.3, -0.25) is 20.0 Å². The first-order valence-electron chi connectivity index (χ1n) is 6.49. The fourth-order valence-corrected chi connectivity index (χ4v) is 2.09. The molecule has 0 spiro atoms. The molecule has 0 fully saturated rings. The second-order valence-corrected chi connectivity index (χ2v) is 5.38. The first kappa shape index (κ1) is 14.4. The van der Waals surface area contributed by atoms with Crippen LogP contribution >= 0.6 is 0 Å². The third-order valence-electron chi connectivity index (χ3n) is 2.97. The largest absolute Gasteiger partial charge is 0.277 e. The molecule has 0 saturated heterocycles. The second-order valence-electron chi connectivity index (χ2n) is 5.38. The third kappa shape index (κ3) is 3.76. The van der Waals surface area contributed by atoms with E-state index in [1.807, 2.05) is 26.8 Å². The summed E-state index contributed by atoms with van der Waals surface area (Å²) in [6.07, 6.45) is 1.23. The highest BCUT2D eigenvalue weighted by atomic mass is 16.7. The van der Waals surface area contributed by atoms with E-state index in [-0.39, 0.29) is 0 Å². The number of amides is 1. The van der Waals surface area contributed by atoms with Crippen LogP contribution in [0.5, 0.6) is 0 Å². The Hall–Kier alpha value is -1.98. The lowest BCUT2D eigenvalue weighted by molar-refractivity contribution is -0.127. The summed E-state index contributed by atoms with van der Waals surface area (Å²) >= 11 is 0. The van der Waals surface area contributed by atoms with Crippen LogP contribution in [-0.4, -0.2) is 17.0 Å². The third-order valence-corrected chi connectivity index (χ3v) is 2.97. The summed E-state index contributed by atoms with van der Waals surface area (Å²) in [5, 5.41) is 1.12. The molecule has 0 saturated carbocycles. The van der Waals surface area contributed by atoms with Crippen molar-refractivity contribution in [2.75, 3.05) is 0 Å². The zero-order valence-corrected chi connectivity index (χ0v) is 11.9. The summed E-state index contributed by atoms with van der Waals surface area (Å²) in [7, 11) is 0. The van der Waals surface area contributed by atoms with Crippen LogP contribution in [0.15, 0.2) is 30.3 Å². The highest BCUT2D eigenvalue weighted by molar-refractivity contribution is 5.79. The average Bonchev–Trinajstić information content (AvgIpc) is 2.38. The lowest BCUT2D eigenvalue weighted by Gasteiger charge is -2.24. The van der Waals surface area contributed by atoms with Crippen LogP contribution in [0.25, 0.3) is 10.9 Å². The lowest BCUT2D eigenvalue weighted by Crippen LogP contribution is -2.40. The monoisotopic (exact) mass is 273 g/mol. The summed E-state index contributed by atoms with van der Waals surface area (Å²) in [6.45, 7) is 5.87. The van der Waals surface area contributed by atoms with Crippen molar-refractivity contribution >= 4 is 17.3 Å². The van der Waals surface area contributed by atoms with Crippen molar-refractivity contribution in [3.05, 3.63) is 41.6 Å². The van der Waals surface area contributed by atoms with E-state index in [0.29, 0.717) is 12.8 Å². The number of rotatable bonds is 6. The number of hydrazine groups is 1. The van der Waals surface area contributed by atoms with Gasteiger partial charge in [0.2, 0.25) is 6.41 Å². The van der Waals surface area contributed by atoms with E-state index in [2.05, 4.69) is 40.3 Å². The predicted octanol–water partition coefficient (Wildman–Crippen LogP) is 2.05. The van der Waals surface area contributed by atoms with Crippen molar-refractivity contribution in [3.63, 3.8) is 0 Å². The van der Waals surface area contributed by atoms with Crippen LogP contribution in [0.1, 0.15) is 25.1 Å². The van der Waals surface area contributed by atoms with Crippen LogP contribution < -0.4 is 11.0 Å². The molecule has 0 aliphatic heterocycles. The Bertz CT molecular complexity index is 611. The molecule has 0 unspecified atom stereocenters. The number of fused-ring (bicyclic) bond motifs is 1. The number of aromatic nitrogens is 1. The molecule has 2 aromatic rings. The van der Waals surface area contributed by atoms with Gasteiger partial charge >= 0.3 is 0 Å². The molecule has 0 aliphatic rings. The van der Waals surface area contributed by atoms with Crippen molar-refractivity contribution in [2.45, 2.75) is 32.8 Å². The van der Waals surface area contributed by atoms with Gasteiger partial charge in [-0.05, 0) is 38.5 Å². The van der Waals surface area contributed by atoms with Crippen LogP contribution in [0.4, 0.5) is 0 Å². The van der Waals surface area contributed by atoms with E-state index >= 15 is 0 Å². The summed E-state index contributed by atoms with van der Waals surface area (Å²) in [4.78, 5) is 20.1. The zero-order chi connectivity index (χ0) is 14.6. The zero-order valence-electron chi connectivity index (χ0n) is 11.9. The molecular weight excluding hydrogens is 254 g/mol. The summed E-state index contributed by atoms with van der Waals surface area (Å²) in [6, 6.07) is 10.3. The predicted molar refractivity (Wildman–Crippen MR) is 77.7 cm³/mol. The van der Waals surface area contributed by atoms with Gasteiger partial charge in [0.05, 0.1) is 11.1 Å². The van der Waals surface area contributed by atoms with Gasteiger partial charge in [0.1, 0.15) is 0 Å². The number of hydrogen-bond acceptors (Lipinski definition) is 4. The van der Waals surface area contributed by atoms with Gasteiger partial charge in [-0.15, -0.1) is 5.59 Å². The minimum atomic E-state index is -0.451. The Morgan fingerprint density at radius 1 is 1.30 bits per heavy atom. The van der Waals surface area contributed by atoms with E-state index < -0.39 is 5.60 Å². The van der Waals surface area contributed by atoms with Crippen LogP contribution in [-0.2, 0) is 16.1 Å². The molecule has 0 bridgehead atoms. The number of pyridine rings is 1. The standard InChI is InChI=1S/C15H19N3O2/c1-11-4-6-13-7-5-12(8-14(13)17-11)9-15(2,3)20-18-16-10-19/h4-8,10,18H,9H2,1-3H3,(H,16,19). The molecule has 2 N–H and O–H groups in total. The number of carbonyl (C=O) groups excluding carboxylic acids is 1. The number of nitrogens with zero attached hydrogens (tertiary/aromatic N) is 1. The van der Waals surface area contributed by atoms with Crippen molar-refractivity contribution < 1.29 is 9.63 Å². The van der Waals surface area contributed by atoms with Gasteiger partial charge < -0.3 is 0 Å². The highest BCUT2D eigenvalue weighted by Crippen LogP contribution is 2.20. The van der Waals surface area contributed by atoms with Gasteiger partial charge in [-0.1, -0.05) is 18.2 Å². The Morgan fingerprint density at radius 2 is 2.05 bits per heavy atom. The number of carbonyl (C=O) groups is 1. The Kier molecular flexibility index (Phi) is 4.32. The Balaban J connectivity index is 2.14. The van der Waals surface area contributed by atoms with Crippen molar-refractivity contribution in [3.8, 4) is 0 Å². The van der Waals surface area contributed by atoms with E-state index in [1.165, 1.54) is 0 Å². The minimum absolute atomic E-state index is 0.451. The highest BCUT2D eigenvalue weighted by Gasteiger charge is 2.20. The van der Waals surface area contributed by atoms with E-state index in [0.717, 1.165) is 22.2 Å². The molecule has 106 valence electrons. The maximum absolute atomic E-state index is 10.2. The number of benzene rings is 1. The van der Waals surface area contributed by atoms with Crippen molar-refractivity contribution in [1.82, 2.24) is 16.0 Å². The summed E-state index contributed by atoms with van der Waals surface area (Å²) in [5.74, 6) is 0. The quantitative estimate of drug-likeness (QED) is 0.480. The molecule has 0 radical (unpaired) electrons. The van der Waals surface area contributed by atoms with Gasteiger partial charge in [-0.25, -0.2) is 0 Å². The van der Waals surface area contributed by atoms with E-state index in [4.69, 9.17) is 4.84 Å². The lowest BCUT2D eigenvalue weighted by atomic mass is 9.97. The maximum atomic E-state index is 10.2. The smallest absolute Gasteiger partial charge is 0.223 e. The molecule has 1 amide bonds. The molecular formula is C15H19N3O2. The average molecular weight is 273 g/mol. The van der Waals surface area contributed by atoms with E-state index in [9.17, 15) is 4.79 Å². The first-order valence-corrected chi connectivity index (χ1v) is 6.49. The Morgan fingerprint density at radius 3 is 2.80 bits per heavy atom. The fourth-order valence-electron chi connectivity index (χ4n) is 2.09. The summed E-state index contributed by atoms with van der Waals surface area (Å²) in [5.41, 5.74) is 7.34. The topological polar surface area (TPSA) is 63.2 Å². The van der Waals surface area contributed by atoms with Gasteiger partial charge in [0, 0.05) is 17.5 Å². The molecule has 1 aromatic carbocycles. The molecule has 1 aromatic heterocycles. The molecule has 2 rings (SSSR count). The van der Waals surface area contributed by atoms with Gasteiger partial charge in [0.15, 0.2) is 0 Å². The SMILES string of the molecule is Cc1ccc2ccc(CC(C)(C)ONNC=O)cc2n1. The van der Waals surface area contributed by atoms with Gasteiger partial charge in [0.25, 0.3) is 0 Å². The first-order chi connectivity index (χ1) is 9.50. The number of nitrogens with one attached hydrogen (secondary N) is 2. The number of hydrogen-bond donors (Lipinski definition) is 2. The maximum Gasteiger partial charge on any atom is 0.223 e. The normalized spacial score (nSPS) is 11.6. The number of aryl methyl sites for hydroxylation is 1. The van der Waals surface area contributed by atoms with Crippen molar-refractivity contribution in [2.24, 2.45) is 0 Å². The molecule has 20 heavy (non-hydrogen) atoms. The van der Waals surface area contributed by atoms with Crippen LogP contribution in [0.3, 0.4) is 0 Å². The van der Waals surface area contributed by atoms with E-state index in [1.54, 1.807) is 0 Å². The molecule has 5 heteroatoms. The van der Waals surface area contributed by atoms with Gasteiger partial charge in [-0.2, -0.15) is 0 Å². The van der Waals surface area contributed by atoms with Crippen LogP contribution in [0, 0.1) is 6.92 Å². The Labute approximate surface area is 118 Å².